The molecule has 0 unspecified atom stereocenters. The molecule has 0 aromatic carbocycles. The fourth-order valence-corrected chi connectivity index (χ4v) is 1.95. The van der Waals surface area contributed by atoms with Crippen molar-refractivity contribution in [1.29, 1.82) is 0 Å². The molecule has 0 spiro atoms. The topological polar surface area (TPSA) is 63.3 Å². The molecule has 0 radical (unpaired) electrons. The Balaban J connectivity index is 2.34. The van der Waals surface area contributed by atoms with Crippen LogP contribution >= 0.6 is 11.3 Å². The SMILES string of the molecule is O=C(O)c1cc(-c2ccc(C(F)(F)F)s2)no1. The van der Waals surface area contributed by atoms with Crippen LogP contribution in [0.4, 0.5) is 13.2 Å². The maximum atomic E-state index is 12.3. The fourth-order valence-electron chi connectivity index (χ4n) is 1.12. The van der Waals surface area contributed by atoms with E-state index < -0.39 is 22.8 Å². The number of aromatic carboxylic acids is 1. The van der Waals surface area contributed by atoms with E-state index in [1.54, 1.807) is 0 Å². The number of thiophene rings is 1. The molecular weight excluding hydrogens is 259 g/mol. The minimum absolute atomic E-state index is 0.0721. The number of alkyl halides is 3. The predicted molar refractivity (Wildman–Crippen MR) is 51.8 cm³/mol. The number of carboxylic acid groups (broad SMARTS) is 1. The van der Waals surface area contributed by atoms with E-state index in [1.165, 1.54) is 6.07 Å². The number of aromatic nitrogens is 1. The lowest BCUT2D eigenvalue weighted by Crippen LogP contribution is -2.00. The Bertz CT molecular complexity index is 558. The summed E-state index contributed by atoms with van der Waals surface area (Å²) in [6.45, 7) is 0. The number of hydrogen-bond donors (Lipinski definition) is 1. The van der Waals surface area contributed by atoms with Crippen molar-refractivity contribution < 1.29 is 27.6 Å². The van der Waals surface area contributed by atoms with E-state index in [-0.39, 0.29) is 10.6 Å². The van der Waals surface area contributed by atoms with Gasteiger partial charge in [0.05, 0.1) is 4.88 Å². The molecule has 0 saturated carbocycles. The second-order valence-corrected chi connectivity index (χ2v) is 4.13. The highest BCUT2D eigenvalue weighted by Crippen LogP contribution is 2.38. The number of rotatable bonds is 2. The van der Waals surface area contributed by atoms with Crippen molar-refractivity contribution in [2.24, 2.45) is 0 Å². The van der Waals surface area contributed by atoms with E-state index in [2.05, 4.69) is 9.68 Å². The van der Waals surface area contributed by atoms with Gasteiger partial charge in [0.2, 0.25) is 5.76 Å². The third-order valence-electron chi connectivity index (χ3n) is 1.86. The number of halogens is 3. The summed E-state index contributed by atoms with van der Waals surface area (Å²) < 4.78 is 41.4. The summed E-state index contributed by atoms with van der Waals surface area (Å²) in [5.74, 6) is -1.74. The first kappa shape index (κ1) is 11.6. The maximum absolute atomic E-state index is 12.3. The summed E-state index contributed by atoms with van der Waals surface area (Å²) in [4.78, 5) is 9.93. The summed E-state index contributed by atoms with van der Waals surface area (Å²) in [5.41, 5.74) is 0.0721. The van der Waals surface area contributed by atoms with E-state index in [9.17, 15) is 18.0 Å². The van der Waals surface area contributed by atoms with Gasteiger partial charge in [-0.1, -0.05) is 5.16 Å². The molecule has 2 aromatic heterocycles. The molecule has 2 rings (SSSR count). The number of hydrogen-bond acceptors (Lipinski definition) is 4. The Morgan fingerprint density at radius 1 is 1.41 bits per heavy atom. The van der Waals surface area contributed by atoms with Crippen molar-refractivity contribution in [2.75, 3.05) is 0 Å². The second kappa shape index (κ2) is 3.88. The van der Waals surface area contributed by atoms with Gasteiger partial charge in [-0.15, -0.1) is 11.3 Å². The van der Waals surface area contributed by atoms with Crippen LogP contribution in [0.5, 0.6) is 0 Å². The molecule has 0 aliphatic heterocycles. The number of carbonyl (C=O) groups is 1. The largest absolute Gasteiger partial charge is 0.475 e. The molecule has 4 nitrogen and oxygen atoms in total. The van der Waals surface area contributed by atoms with Crippen LogP contribution < -0.4 is 0 Å². The van der Waals surface area contributed by atoms with Crippen LogP contribution in [0.15, 0.2) is 22.7 Å². The summed E-state index contributed by atoms with van der Waals surface area (Å²) in [5, 5.41) is 12.0. The smallest absolute Gasteiger partial charge is 0.425 e. The Labute approximate surface area is 96.3 Å². The highest BCUT2D eigenvalue weighted by Gasteiger charge is 2.32. The van der Waals surface area contributed by atoms with Gasteiger partial charge in [0.25, 0.3) is 0 Å². The standard InChI is InChI=1S/C9H4F3NO3S/c10-9(11,12)7-2-1-6(17-7)4-3-5(8(14)15)16-13-4/h1-3H,(H,14,15). The first-order valence-electron chi connectivity index (χ1n) is 4.25. The molecular formula is C9H4F3NO3S. The Kier molecular flexibility index (Phi) is 2.66. The molecule has 17 heavy (non-hydrogen) atoms. The normalized spacial score (nSPS) is 11.7. The summed E-state index contributed by atoms with van der Waals surface area (Å²) in [6, 6.07) is 3.21. The zero-order valence-corrected chi connectivity index (χ0v) is 8.80. The second-order valence-electron chi connectivity index (χ2n) is 3.04. The van der Waals surface area contributed by atoms with Crippen molar-refractivity contribution in [3.05, 3.63) is 28.8 Å². The highest BCUT2D eigenvalue weighted by molar-refractivity contribution is 7.15. The van der Waals surface area contributed by atoms with Crippen molar-refractivity contribution in [3.63, 3.8) is 0 Å². The molecule has 90 valence electrons. The minimum atomic E-state index is -4.41. The van der Waals surface area contributed by atoms with Crippen molar-refractivity contribution >= 4 is 17.3 Å². The molecule has 0 bridgehead atoms. The van der Waals surface area contributed by atoms with Gasteiger partial charge in [-0.3, -0.25) is 0 Å². The van der Waals surface area contributed by atoms with Crippen LogP contribution in [0.2, 0.25) is 0 Å². The van der Waals surface area contributed by atoms with Crippen LogP contribution in [0.1, 0.15) is 15.4 Å². The molecule has 1 N–H and O–H groups in total. The molecule has 0 atom stereocenters. The van der Waals surface area contributed by atoms with E-state index in [0.717, 1.165) is 12.1 Å². The molecule has 0 aliphatic carbocycles. The molecule has 0 aliphatic rings. The third kappa shape index (κ3) is 2.31. The van der Waals surface area contributed by atoms with Gasteiger partial charge in [-0.05, 0) is 12.1 Å². The average molecular weight is 263 g/mol. The summed E-state index contributed by atoms with van der Waals surface area (Å²) in [6.07, 6.45) is -4.41. The van der Waals surface area contributed by atoms with Crippen molar-refractivity contribution in [3.8, 4) is 10.6 Å². The average Bonchev–Trinajstić information content (AvgIpc) is 2.85. The Morgan fingerprint density at radius 3 is 2.59 bits per heavy atom. The first-order valence-corrected chi connectivity index (χ1v) is 5.07. The zero-order chi connectivity index (χ0) is 12.6. The Hall–Kier alpha value is -1.83. The molecule has 0 fully saturated rings. The lowest BCUT2D eigenvalue weighted by atomic mass is 10.3. The molecule has 2 aromatic rings. The van der Waals surface area contributed by atoms with Gasteiger partial charge in [-0.2, -0.15) is 13.2 Å². The third-order valence-corrected chi connectivity index (χ3v) is 3.01. The molecule has 8 heteroatoms. The molecule has 2 heterocycles. The summed E-state index contributed by atoms with van der Waals surface area (Å²) >= 11 is 0.478. The summed E-state index contributed by atoms with van der Waals surface area (Å²) in [7, 11) is 0. The van der Waals surface area contributed by atoms with Crippen molar-refractivity contribution in [2.45, 2.75) is 6.18 Å². The first-order chi connectivity index (χ1) is 7.88. The van der Waals surface area contributed by atoms with Crippen molar-refractivity contribution in [1.82, 2.24) is 5.16 Å². The number of nitrogens with zero attached hydrogens (tertiary/aromatic N) is 1. The van der Waals surface area contributed by atoms with E-state index >= 15 is 0 Å². The van der Waals surface area contributed by atoms with Crippen LogP contribution in [-0.2, 0) is 6.18 Å². The monoisotopic (exact) mass is 263 g/mol. The van der Waals surface area contributed by atoms with Gasteiger partial charge in [-0.25, -0.2) is 4.79 Å². The number of carboxylic acids is 1. The molecule has 0 saturated heterocycles. The van der Waals surface area contributed by atoms with Crippen LogP contribution in [0.3, 0.4) is 0 Å². The van der Waals surface area contributed by atoms with Crippen LogP contribution in [0, 0.1) is 0 Å². The Morgan fingerprint density at radius 2 is 2.12 bits per heavy atom. The van der Waals surface area contributed by atoms with Crippen LogP contribution in [-0.4, -0.2) is 16.2 Å². The lowest BCUT2D eigenvalue weighted by Gasteiger charge is -2.00. The highest BCUT2D eigenvalue weighted by atomic mass is 32.1. The van der Waals surface area contributed by atoms with Gasteiger partial charge in [0.1, 0.15) is 10.6 Å². The maximum Gasteiger partial charge on any atom is 0.425 e. The van der Waals surface area contributed by atoms with Gasteiger partial charge in [0, 0.05) is 6.07 Å². The zero-order valence-electron chi connectivity index (χ0n) is 7.99. The lowest BCUT2D eigenvalue weighted by molar-refractivity contribution is -0.134. The van der Waals surface area contributed by atoms with Crippen LogP contribution in [0.25, 0.3) is 10.6 Å². The predicted octanol–water partition coefficient (Wildman–Crippen LogP) is 3.12. The minimum Gasteiger partial charge on any atom is -0.475 e. The van der Waals surface area contributed by atoms with Gasteiger partial charge in [0.15, 0.2) is 0 Å². The fraction of sp³-hybridized carbons (Fsp3) is 0.111. The van der Waals surface area contributed by atoms with Gasteiger partial charge >= 0.3 is 12.1 Å². The van der Waals surface area contributed by atoms with Gasteiger partial charge < -0.3 is 9.63 Å². The molecule has 0 amide bonds. The van der Waals surface area contributed by atoms with E-state index in [0.29, 0.717) is 11.3 Å². The van der Waals surface area contributed by atoms with E-state index in [1.807, 2.05) is 0 Å². The quantitative estimate of drug-likeness (QED) is 0.904. The van der Waals surface area contributed by atoms with E-state index in [4.69, 9.17) is 5.11 Å².